The lowest BCUT2D eigenvalue weighted by atomic mass is 10.2. The zero-order valence-electron chi connectivity index (χ0n) is 12.8. The summed E-state index contributed by atoms with van der Waals surface area (Å²) in [4.78, 5) is 20.8. The van der Waals surface area contributed by atoms with Gasteiger partial charge in [0.25, 0.3) is 5.91 Å². The Kier molecular flexibility index (Phi) is 4.72. The van der Waals surface area contributed by atoms with E-state index in [1.807, 2.05) is 6.92 Å². The van der Waals surface area contributed by atoms with Crippen molar-refractivity contribution in [3.63, 3.8) is 0 Å². The molecular formula is C16H14ClN5O2. The number of anilines is 1. The molecule has 7 nitrogen and oxygen atoms in total. The summed E-state index contributed by atoms with van der Waals surface area (Å²) in [6.45, 7) is 2.27. The standard InChI is InChI=1S/C16H14ClN5O2/c1-2-24-14-8-11(17)5-6-12(14)16(23)21-13-4-3-7-19-15(13)22-10-18-9-20-22/h3-10H,2H2,1H3,(H,21,23). The number of benzene rings is 1. The van der Waals surface area contributed by atoms with Crippen LogP contribution in [-0.2, 0) is 0 Å². The van der Waals surface area contributed by atoms with Crippen molar-refractivity contribution < 1.29 is 9.53 Å². The van der Waals surface area contributed by atoms with Gasteiger partial charge in [-0.05, 0) is 37.3 Å². The summed E-state index contributed by atoms with van der Waals surface area (Å²) >= 11 is 5.97. The number of halogens is 1. The molecule has 1 aromatic carbocycles. The van der Waals surface area contributed by atoms with Crippen LogP contribution in [0.1, 0.15) is 17.3 Å². The van der Waals surface area contributed by atoms with Crippen LogP contribution in [0.25, 0.3) is 5.82 Å². The fraction of sp³-hybridized carbons (Fsp3) is 0.125. The van der Waals surface area contributed by atoms with Crippen LogP contribution in [0.4, 0.5) is 5.69 Å². The summed E-state index contributed by atoms with van der Waals surface area (Å²) in [7, 11) is 0. The van der Waals surface area contributed by atoms with E-state index < -0.39 is 0 Å². The minimum absolute atomic E-state index is 0.329. The first-order valence-corrected chi connectivity index (χ1v) is 7.60. The number of aromatic nitrogens is 4. The maximum absolute atomic E-state index is 12.6. The second-order valence-electron chi connectivity index (χ2n) is 4.74. The average Bonchev–Trinajstić information content (AvgIpc) is 3.10. The Bertz CT molecular complexity index is 851. The lowest BCUT2D eigenvalue weighted by molar-refractivity contribution is 0.102. The SMILES string of the molecule is CCOc1cc(Cl)ccc1C(=O)Nc1cccnc1-n1cncn1. The highest BCUT2D eigenvalue weighted by molar-refractivity contribution is 6.31. The van der Waals surface area contributed by atoms with E-state index >= 15 is 0 Å². The third-order valence-corrected chi connectivity index (χ3v) is 3.39. The molecule has 0 aliphatic carbocycles. The molecular weight excluding hydrogens is 330 g/mol. The quantitative estimate of drug-likeness (QED) is 0.770. The van der Waals surface area contributed by atoms with Crippen LogP contribution in [-0.4, -0.2) is 32.3 Å². The Morgan fingerprint density at radius 3 is 3.00 bits per heavy atom. The highest BCUT2D eigenvalue weighted by Gasteiger charge is 2.16. The van der Waals surface area contributed by atoms with Crippen LogP contribution in [0.3, 0.4) is 0 Å². The first kappa shape index (κ1) is 15.9. The molecule has 2 heterocycles. The van der Waals surface area contributed by atoms with E-state index in [9.17, 15) is 4.79 Å². The van der Waals surface area contributed by atoms with Gasteiger partial charge in [-0.3, -0.25) is 4.79 Å². The first-order chi connectivity index (χ1) is 11.7. The van der Waals surface area contributed by atoms with Crippen molar-refractivity contribution in [3.05, 3.63) is 59.8 Å². The van der Waals surface area contributed by atoms with Crippen LogP contribution in [0.5, 0.6) is 5.75 Å². The van der Waals surface area contributed by atoms with E-state index in [1.54, 1.807) is 36.5 Å². The molecule has 0 atom stereocenters. The summed E-state index contributed by atoms with van der Waals surface area (Å²) in [5.74, 6) is 0.563. The predicted molar refractivity (Wildman–Crippen MR) is 89.7 cm³/mol. The number of amides is 1. The maximum Gasteiger partial charge on any atom is 0.259 e. The number of ether oxygens (including phenoxy) is 1. The Labute approximate surface area is 143 Å². The van der Waals surface area contributed by atoms with Gasteiger partial charge in [-0.15, -0.1) is 0 Å². The maximum atomic E-state index is 12.6. The van der Waals surface area contributed by atoms with E-state index in [2.05, 4.69) is 20.4 Å². The summed E-state index contributed by atoms with van der Waals surface area (Å²) in [6.07, 6.45) is 4.51. The molecule has 0 spiro atoms. The third-order valence-electron chi connectivity index (χ3n) is 3.16. The van der Waals surface area contributed by atoms with E-state index in [1.165, 1.54) is 17.3 Å². The normalized spacial score (nSPS) is 10.4. The fourth-order valence-electron chi connectivity index (χ4n) is 2.14. The number of rotatable bonds is 5. The molecule has 0 fully saturated rings. The van der Waals surface area contributed by atoms with Gasteiger partial charge in [0.05, 0.1) is 17.9 Å². The largest absolute Gasteiger partial charge is 0.493 e. The predicted octanol–water partition coefficient (Wildman–Crippen LogP) is 2.97. The second-order valence-corrected chi connectivity index (χ2v) is 5.18. The fourth-order valence-corrected chi connectivity index (χ4v) is 2.31. The molecule has 0 aliphatic heterocycles. The lowest BCUT2D eigenvalue weighted by Crippen LogP contribution is -2.16. The Morgan fingerprint density at radius 1 is 1.38 bits per heavy atom. The number of carbonyl (C=O) groups excluding carboxylic acids is 1. The number of hydrogen-bond donors (Lipinski definition) is 1. The van der Waals surface area contributed by atoms with E-state index in [0.29, 0.717) is 34.4 Å². The van der Waals surface area contributed by atoms with Crippen molar-refractivity contribution in [2.45, 2.75) is 6.92 Å². The molecule has 0 bridgehead atoms. The molecule has 1 amide bonds. The minimum Gasteiger partial charge on any atom is -0.493 e. The van der Waals surface area contributed by atoms with Gasteiger partial charge in [-0.1, -0.05) is 11.6 Å². The monoisotopic (exact) mass is 343 g/mol. The summed E-state index contributed by atoms with van der Waals surface area (Å²) < 4.78 is 6.96. The van der Waals surface area contributed by atoms with Gasteiger partial charge in [0.1, 0.15) is 18.4 Å². The molecule has 122 valence electrons. The first-order valence-electron chi connectivity index (χ1n) is 7.22. The number of pyridine rings is 1. The van der Waals surface area contributed by atoms with Gasteiger partial charge in [0, 0.05) is 11.2 Å². The Hall–Kier alpha value is -2.93. The van der Waals surface area contributed by atoms with E-state index in [4.69, 9.17) is 16.3 Å². The molecule has 0 radical (unpaired) electrons. The zero-order valence-corrected chi connectivity index (χ0v) is 13.6. The van der Waals surface area contributed by atoms with Crippen LogP contribution < -0.4 is 10.1 Å². The van der Waals surface area contributed by atoms with Gasteiger partial charge in [-0.25, -0.2) is 14.6 Å². The zero-order chi connectivity index (χ0) is 16.9. The van der Waals surface area contributed by atoms with E-state index in [0.717, 1.165) is 0 Å². The molecule has 0 saturated carbocycles. The minimum atomic E-state index is -0.329. The van der Waals surface area contributed by atoms with Gasteiger partial charge < -0.3 is 10.1 Å². The van der Waals surface area contributed by atoms with Gasteiger partial charge >= 0.3 is 0 Å². The third kappa shape index (κ3) is 3.36. The van der Waals surface area contributed by atoms with Crippen molar-refractivity contribution in [2.24, 2.45) is 0 Å². The van der Waals surface area contributed by atoms with Crippen molar-refractivity contribution in [1.29, 1.82) is 0 Å². The van der Waals surface area contributed by atoms with Crippen LogP contribution in [0, 0.1) is 0 Å². The molecule has 3 aromatic rings. The summed E-state index contributed by atoms with van der Waals surface area (Å²) in [5, 5.41) is 7.36. The number of hydrogen-bond acceptors (Lipinski definition) is 5. The smallest absolute Gasteiger partial charge is 0.259 e. The topological polar surface area (TPSA) is 81.9 Å². The number of carbonyl (C=O) groups is 1. The highest BCUT2D eigenvalue weighted by Crippen LogP contribution is 2.25. The molecule has 0 saturated heterocycles. The molecule has 3 rings (SSSR count). The molecule has 2 aromatic heterocycles. The summed E-state index contributed by atoms with van der Waals surface area (Å²) in [5.41, 5.74) is 0.889. The molecule has 24 heavy (non-hydrogen) atoms. The van der Waals surface area contributed by atoms with Crippen molar-refractivity contribution in [2.75, 3.05) is 11.9 Å². The average molecular weight is 344 g/mol. The number of nitrogens with zero attached hydrogens (tertiary/aromatic N) is 4. The highest BCUT2D eigenvalue weighted by atomic mass is 35.5. The van der Waals surface area contributed by atoms with Gasteiger partial charge in [-0.2, -0.15) is 5.10 Å². The van der Waals surface area contributed by atoms with Crippen molar-refractivity contribution in [1.82, 2.24) is 19.7 Å². The number of nitrogens with one attached hydrogen (secondary N) is 1. The van der Waals surface area contributed by atoms with E-state index in [-0.39, 0.29) is 5.91 Å². The second kappa shape index (κ2) is 7.10. The molecule has 0 unspecified atom stereocenters. The Balaban J connectivity index is 1.92. The Morgan fingerprint density at radius 2 is 2.25 bits per heavy atom. The van der Waals surface area contributed by atoms with Crippen LogP contribution in [0.15, 0.2) is 49.2 Å². The molecule has 8 heteroatoms. The molecule has 1 N–H and O–H groups in total. The van der Waals surface area contributed by atoms with Crippen molar-refractivity contribution >= 4 is 23.2 Å². The van der Waals surface area contributed by atoms with Gasteiger partial charge in [0.2, 0.25) is 0 Å². The summed E-state index contributed by atoms with van der Waals surface area (Å²) in [6, 6.07) is 8.33. The molecule has 0 aliphatic rings. The lowest BCUT2D eigenvalue weighted by Gasteiger charge is -2.12. The van der Waals surface area contributed by atoms with Crippen LogP contribution in [0.2, 0.25) is 5.02 Å². The van der Waals surface area contributed by atoms with Gasteiger partial charge in [0.15, 0.2) is 5.82 Å². The van der Waals surface area contributed by atoms with Crippen LogP contribution >= 0.6 is 11.6 Å². The van der Waals surface area contributed by atoms with Crippen molar-refractivity contribution in [3.8, 4) is 11.6 Å².